The molecule has 0 fully saturated rings. The van der Waals surface area contributed by atoms with Crippen LogP contribution in [0.1, 0.15) is 6.92 Å². The minimum atomic E-state index is -0.579. The summed E-state index contributed by atoms with van der Waals surface area (Å²) >= 11 is 4.60. The molecule has 64 valence electrons. The van der Waals surface area contributed by atoms with Crippen LogP contribution in [0.4, 0.5) is 5.00 Å². The third-order valence-corrected chi connectivity index (χ3v) is 2.73. The summed E-state index contributed by atoms with van der Waals surface area (Å²) in [5.74, 6) is -1.07. The van der Waals surface area contributed by atoms with E-state index in [0.29, 0.717) is 5.00 Å². The summed E-state index contributed by atoms with van der Waals surface area (Å²) in [6, 6.07) is 1.74. The molecular weight excluding hydrogens is 242 g/mol. The molecule has 0 aliphatic heterocycles. The molecule has 1 aromatic rings. The van der Waals surface area contributed by atoms with Crippen LogP contribution in [0.2, 0.25) is 0 Å². The van der Waals surface area contributed by atoms with Crippen LogP contribution in [0, 0.1) is 0 Å². The number of rotatable bonds is 2. The first kappa shape index (κ1) is 9.41. The summed E-state index contributed by atoms with van der Waals surface area (Å²) < 4.78 is 0.895. The maximum Gasteiger partial charge on any atom is 0.292 e. The monoisotopic (exact) mass is 247 g/mol. The molecule has 0 aliphatic carbocycles. The Hall–Kier alpha value is -0.680. The van der Waals surface area contributed by atoms with Gasteiger partial charge < -0.3 is 5.32 Å². The van der Waals surface area contributed by atoms with Gasteiger partial charge >= 0.3 is 0 Å². The normalized spacial score (nSPS) is 9.50. The second-order valence-electron chi connectivity index (χ2n) is 2.14. The second kappa shape index (κ2) is 3.82. The summed E-state index contributed by atoms with van der Waals surface area (Å²) in [6.45, 7) is 1.23. The zero-order valence-electron chi connectivity index (χ0n) is 6.26. The smallest absolute Gasteiger partial charge is 0.292 e. The number of Topliss-reactive ketones (excluding diaryl/α,β-unsaturated/α-hetero) is 1. The number of anilines is 1. The Morgan fingerprint density at radius 3 is 2.67 bits per heavy atom. The van der Waals surface area contributed by atoms with Crippen LogP contribution in [-0.4, -0.2) is 11.7 Å². The topological polar surface area (TPSA) is 46.2 Å². The van der Waals surface area contributed by atoms with Gasteiger partial charge in [-0.3, -0.25) is 9.59 Å². The van der Waals surface area contributed by atoms with E-state index in [1.807, 2.05) is 5.38 Å². The highest BCUT2D eigenvalue weighted by Gasteiger charge is 2.08. The van der Waals surface area contributed by atoms with E-state index in [1.54, 1.807) is 6.07 Å². The average molecular weight is 248 g/mol. The fourth-order valence-corrected chi connectivity index (χ4v) is 1.89. The van der Waals surface area contributed by atoms with Gasteiger partial charge in [0, 0.05) is 16.8 Å². The third-order valence-electron chi connectivity index (χ3n) is 1.12. The van der Waals surface area contributed by atoms with Gasteiger partial charge in [-0.1, -0.05) is 0 Å². The first-order chi connectivity index (χ1) is 5.59. The fourth-order valence-electron chi connectivity index (χ4n) is 0.579. The molecule has 0 saturated heterocycles. The van der Waals surface area contributed by atoms with Crippen molar-refractivity contribution in [2.75, 3.05) is 5.32 Å². The number of nitrogens with one attached hydrogen (secondary N) is 1. The lowest BCUT2D eigenvalue weighted by molar-refractivity contribution is -0.133. The number of carbonyl (C=O) groups excluding carboxylic acids is 2. The van der Waals surface area contributed by atoms with E-state index in [4.69, 9.17) is 0 Å². The Morgan fingerprint density at radius 2 is 2.25 bits per heavy atom. The number of halogens is 1. The summed E-state index contributed by atoms with van der Waals surface area (Å²) in [4.78, 5) is 21.4. The van der Waals surface area contributed by atoms with Crippen molar-refractivity contribution in [3.05, 3.63) is 15.9 Å². The lowest BCUT2D eigenvalue weighted by Crippen LogP contribution is -2.18. The number of ketones is 1. The highest BCUT2D eigenvalue weighted by atomic mass is 79.9. The van der Waals surface area contributed by atoms with Crippen molar-refractivity contribution in [1.29, 1.82) is 0 Å². The van der Waals surface area contributed by atoms with Gasteiger partial charge in [0.2, 0.25) is 5.78 Å². The Balaban J connectivity index is 2.64. The Kier molecular flexibility index (Phi) is 2.99. The standard InChI is InChI=1S/C7H6BrNO2S/c1-4(10)7(11)9-6-2-5(8)3-12-6/h2-3H,1H3,(H,9,11). The first-order valence-corrected chi connectivity index (χ1v) is 4.83. The van der Waals surface area contributed by atoms with Crippen LogP contribution in [-0.2, 0) is 9.59 Å². The molecule has 0 saturated carbocycles. The first-order valence-electron chi connectivity index (χ1n) is 3.15. The van der Waals surface area contributed by atoms with E-state index in [9.17, 15) is 9.59 Å². The van der Waals surface area contributed by atoms with Gasteiger partial charge in [0.15, 0.2) is 0 Å². The largest absolute Gasteiger partial charge is 0.311 e. The SMILES string of the molecule is CC(=O)C(=O)Nc1cc(Br)cs1. The quantitative estimate of drug-likeness (QED) is 0.814. The molecule has 0 aliphatic rings. The van der Waals surface area contributed by atoms with Crippen molar-refractivity contribution in [1.82, 2.24) is 0 Å². The number of amides is 1. The van der Waals surface area contributed by atoms with E-state index in [-0.39, 0.29) is 0 Å². The van der Waals surface area contributed by atoms with Crippen molar-refractivity contribution in [2.24, 2.45) is 0 Å². The Morgan fingerprint density at radius 1 is 1.58 bits per heavy atom. The van der Waals surface area contributed by atoms with Crippen LogP contribution in [0.25, 0.3) is 0 Å². The zero-order chi connectivity index (χ0) is 9.14. The number of hydrogen-bond donors (Lipinski definition) is 1. The van der Waals surface area contributed by atoms with E-state index >= 15 is 0 Å². The van der Waals surface area contributed by atoms with Crippen LogP contribution < -0.4 is 5.32 Å². The summed E-state index contributed by atoms with van der Waals surface area (Å²) in [6.07, 6.45) is 0. The maximum atomic E-state index is 10.9. The summed E-state index contributed by atoms with van der Waals surface area (Å²) in [5.41, 5.74) is 0. The van der Waals surface area contributed by atoms with Crippen LogP contribution in [0.5, 0.6) is 0 Å². The van der Waals surface area contributed by atoms with Gasteiger partial charge in [-0.25, -0.2) is 0 Å². The second-order valence-corrected chi connectivity index (χ2v) is 3.97. The van der Waals surface area contributed by atoms with Gasteiger partial charge in [0.1, 0.15) is 0 Å². The Bertz CT molecular complexity index is 321. The molecule has 0 aromatic carbocycles. The molecule has 5 heteroatoms. The van der Waals surface area contributed by atoms with Gasteiger partial charge in [-0.15, -0.1) is 11.3 Å². The molecule has 3 nitrogen and oxygen atoms in total. The van der Waals surface area contributed by atoms with Gasteiger partial charge in [-0.05, 0) is 22.0 Å². The molecule has 1 amide bonds. The van der Waals surface area contributed by atoms with Crippen LogP contribution in [0.15, 0.2) is 15.9 Å². The summed E-state index contributed by atoms with van der Waals surface area (Å²) in [7, 11) is 0. The van der Waals surface area contributed by atoms with Crippen molar-refractivity contribution >= 4 is 44.0 Å². The highest BCUT2D eigenvalue weighted by Crippen LogP contribution is 2.24. The predicted molar refractivity (Wildman–Crippen MR) is 51.3 cm³/mol. The van der Waals surface area contributed by atoms with Crippen LogP contribution >= 0.6 is 27.3 Å². The molecule has 1 N–H and O–H groups in total. The molecule has 0 spiro atoms. The van der Waals surface area contributed by atoms with E-state index in [2.05, 4.69) is 21.2 Å². The molecule has 0 bridgehead atoms. The molecule has 1 heterocycles. The molecule has 1 aromatic heterocycles. The Labute approximate surface area is 81.9 Å². The minimum absolute atomic E-state index is 0.487. The van der Waals surface area contributed by atoms with Gasteiger partial charge in [-0.2, -0.15) is 0 Å². The van der Waals surface area contributed by atoms with E-state index in [1.165, 1.54) is 18.3 Å². The molecule has 1 rings (SSSR count). The van der Waals surface area contributed by atoms with Crippen molar-refractivity contribution in [2.45, 2.75) is 6.92 Å². The summed E-state index contributed by atoms with van der Waals surface area (Å²) in [5, 5.41) is 4.96. The predicted octanol–water partition coefficient (Wildman–Crippen LogP) is 2.04. The lowest BCUT2D eigenvalue weighted by Gasteiger charge is -1.95. The van der Waals surface area contributed by atoms with Crippen molar-refractivity contribution in [3.63, 3.8) is 0 Å². The van der Waals surface area contributed by atoms with Gasteiger partial charge in [0.05, 0.1) is 5.00 Å². The fraction of sp³-hybridized carbons (Fsp3) is 0.143. The number of carbonyl (C=O) groups is 2. The van der Waals surface area contributed by atoms with Crippen molar-refractivity contribution in [3.8, 4) is 0 Å². The highest BCUT2D eigenvalue weighted by molar-refractivity contribution is 9.10. The molecule has 0 unspecified atom stereocenters. The van der Waals surface area contributed by atoms with Crippen LogP contribution in [0.3, 0.4) is 0 Å². The third kappa shape index (κ3) is 2.42. The average Bonchev–Trinajstić information content (AvgIpc) is 2.35. The van der Waals surface area contributed by atoms with Crippen molar-refractivity contribution < 1.29 is 9.59 Å². The maximum absolute atomic E-state index is 10.9. The number of hydrogen-bond acceptors (Lipinski definition) is 3. The molecule has 0 radical (unpaired) electrons. The lowest BCUT2D eigenvalue weighted by atomic mass is 10.4. The number of thiophene rings is 1. The molecule has 0 atom stereocenters. The van der Waals surface area contributed by atoms with E-state index < -0.39 is 11.7 Å². The minimum Gasteiger partial charge on any atom is -0.311 e. The van der Waals surface area contributed by atoms with Gasteiger partial charge in [0.25, 0.3) is 5.91 Å². The van der Waals surface area contributed by atoms with E-state index in [0.717, 1.165) is 4.47 Å². The molecule has 12 heavy (non-hydrogen) atoms. The molecular formula is C7H6BrNO2S. The zero-order valence-corrected chi connectivity index (χ0v) is 8.66.